The van der Waals surface area contributed by atoms with E-state index in [2.05, 4.69) is 39.0 Å². The third-order valence-electron chi connectivity index (χ3n) is 7.40. The Morgan fingerprint density at radius 1 is 0.955 bits per heavy atom. The van der Waals surface area contributed by atoms with Crippen LogP contribution in [-0.2, 0) is 28.9 Å². The zero-order chi connectivity index (χ0) is 33.0. The van der Waals surface area contributed by atoms with Crippen LogP contribution >= 0.6 is 0 Å². The van der Waals surface area contributed by atoms with E-state index in [-0.39, 0.29) is 6.47 Å². The number of carbonyl (C=O) groups excluding carboxylic acids is 1. The van der Waals surface area contributed by atoms with Crippen molar-refractivity contribution in [3.05, 3.63) is 69.8 Å². The number of benzene rings is 3. The molecule has 2 heterocycles. The fourth-order valence-electron chi connectivity index (χ4n) is 5.45. The average Bonchev–Trinajstić information content (AvgIpc) is 3.39. The number of carbonyl (C=O) groups is 2. The van der Waals surface area contributed by atoms with Crippen LogP contribution in [0.2, 0.25) is 0 Å². The molecule has 8 nitrogen and oxygen atoms in total. The molecule has 0 unspecified atom stereocenters. The lowest BCUT2D eigenvalue weighted by atomic mass is 9.84. The molecule has 0 radical (unpaired) electrons. The maximum absolute atomic E-state index is 11.5. The lowest BCUT2D eigenvalue weighted by Crippen LogP contribution is -2.17. The molecule has 2 aliphatic heterocycles. The van der Waals surface area contributed by atoms with Crippen molar-refractivity contribution in [1.82, 2.24) is 0 Å². The van der Waals surface area contributed by atoms with Gasteiger partial charge in [0.2, 0.25) is 6.41 Å². The first-order valence-corrected chi connectivity index (χ1v) is 15.0. The number of hydrogen-bond acceptors (Lipinski definition) is 6. The van der Waals surface area contributed by atoms with Crippen LogP contribution in [0.5, 0.6) is 17.2 Å². The van der Waals surface area contributed by atoms with Crippen LogP contribution in [0.1, 0.15) is 67.5 Å². The predicted molar refractivity (Wildman–Crippen MR) is 177 cm³/mol. The highest BCUT2D eigenvalue weighted by Gasteiger charge is 2.27. The summed E-state index contributed by atoms with van der Waals surface area (Å²) in [6.07, 6.45) is 5.08. The molecule has 0 spiro atoms. The number of methoxy groups -OCH3 is 2. The third kappa shape index (κ3) is 9.48. The molecule has 3 aromatic rings. The lowest BCUT2D eigenvalue weighted by molar-refractivity contribution is -0.122. The van der Waals surface area contributed by atoms with E-state index in [9.17, 15) is 4.79 Å². The molecule has 5 rings (SSSR count). The number of aryl methyl sites for hydroxylation is 2. The number of aliphatic hydroxyl groups is 1. The molecule has 3 aromatic carbocycles. The van der Waals surface area contributed by atoms with Crippen LogP contribution in [0, 0.1) is 20.8 Å². The Morgan fingerprint density at radius 2 is 1.61 bits per heavy atom. The Kier molecular flexibility index (Phi) is 13.7. The quantitative estimate of drug-likeness (QED) is 0.305. The summed E-state index contributed by atoms with van der Waals surface area (Å²) in [5, 5.41) is 15.4. The van der Waals surface area contributed by atoms with Gasteiger partial charge in [-0.2, -0.15) is 0 Å². The molecule has 0 aliphatic carbocycles. The molecular weight excluding hydrogens is 558 g/mol. The molecule has 0 fully saturated rings. The predicted octanol–water partition coefficient (Wildman–Crippen LogP) is 6.87. The van der Waals surface area contributed by atoms with Gasteiger partial charge in [0.1, 0.15) is 17.2 Å². The second kappa shape index (κ2) is 16.7. The molecule has 8 heteroatoms. The maximum Gasteiger partial charge on any atom is 0.290 e. The second-order valence-corrected chi connectivity index (χ2v) is 11.7. The second-order valence-electron chi connectivity index (χ2n) is 11.7. The van der Waals surface area contributed by atoms with Crippen LogP contribution in [0.25, 0.3) is 11.1 Å². The fraction of sp³-hybridized carbons (Fsp3) is 0.444. The number of anilines is 1. The molecule has 0 aromatic heterocycles. The average molecular weight is 608 g/mol. The summed E-state index contributed by atoms with van der Waals surface area (Å²) >= 11 is 0. The van der Waals surface area contributed by atoms with Gasteiger partial charge in [-0.1, -0.05) is 19.1 Å². The van der Waals surface area contributed by atoms with Gasteiger partial charge in [0.05, 0.1) is 26.4 Å². The Labute approximate surface area is 262 Å². The number of amides is 1. The standard InChI is InChI=1S/C22H25NO2.C9H12O2.C4H10O.CH2O2/c1-4-16-14(2)12-20-19(9-10-23(20)13-24)22(16)18-7-8-21-17(15(18)3)6-5-11-25-21;1-7-4-5-8(10-2)6-9(7)11-3;1-4(2,3)5;2-1-3/h7-8,12-13H,4-6,9-11H2,1-3H3;4-6H,1-3H3;5H,1-3H3;1H,(H,2,3). The van der Waals surface area contributed by atoms with Crippen molar-refractivity contribution in [2.24, 2.45) is 0 Å². The summed E-state index contributed by atoms with van der Waals surface area (Å²) in [5.41, 5.74) is 11.1. The highest BCUT2D eigenvalue weighted by molar-refractivity contribution is 5.89. The minimum Gasteiger partial charge on any atom is -0.497 e. The SMILES string of the molecule is CC(C)(C)O.CCc1c(C)cc2c(c1-c1ccc3c(c1C)CCCO3)CCN2C=O.COc1ccc(C)c(OC)c1.O=CO. The van der Waals surface area contributed by atoms with Crippen molar-refractivity contribution < 1.29 is 34.0 Å². The molecule has 0 saturated heterocycles. The Hall–Kier alpha value is -4.04. The highest BCUT2D eigenvalue weighted by atomic mass is 16.5. The van der Waals surface area contributed by atoms with E-state index in [4.69, 9.17) is 29.2 Å². The van der Waals surface area contributed by atoms with Gasteiger partial charge in [0, 0.05) is 18.3 Å². The van der Waals surface area contributed by atoms with Crippen molar-refractivity contribution in [2.45, 2.75) is 79.8 Å². The molecule has 2 N–H and O–H groups in total. The molecule has 0 saturated carbocycles. The molecule has 0 bridgehead atoms. The largest absolute Gasteiger partial charge is 0.497 e. The van der Waals surface area contributed by atoms with E-state index < -0.39 is 5.60 Å². The normalized spacial score (nSPS) is 12.8. The molecule has 1 amide bonds. The number of nitrogens with zero attached hydrogens (tertiary/aromatic N) is 1. The summed E-state index contributed by atoms with van der Waals surface area (Å²) in [6.45, 7) is 15.2. The monoisotopic (exact) mass is 607 g/mol. The summed E-state index contributed by atoms with van der Waals surface area (Å²) in [7, 11) is 3.30. The van der Waals surface area contributed by atoms with Crippen molar-refractivity contribution in [1.29, 1.82) is 0 Å². The topological polar surface area (TPSA) is 106 Å². The minimum absolute atomic E-state index is 0.250. The molecule has 44 heavy (non-hydrogen) atoms. The molecule has 0 atom stereocenters. The maximum atomic E-state index is 11.5. The zero-order valence-electron chi connectivity index (χ0n) is 27.7. The number of rotatable bonds is 5. The first-order chi connectivity index (χ1) is 20.8. The van der Waals surface area contributed by atoms with Crippen molar-refractivity contribution in [3.63, 3.8) is 0 Å². The fourth-order valence-corrected chi connectivity index (χ4v) is 5.45. The number of hydrogen-bond donors (Lipinski definition) is 2. The Morgan fingerprint density at radius 3 is 2.18 bits per heavy atom. The first-order valence-electron chi connectivity index (χ1n) is 15.0. The first kappa shape index (κ1) is 36.2. The van der Waals surface area contributed by atoms with Gasteiger partial charge in [0.15, 0.2) is 0 Å². The molecule has 240 valence electrons. The van der Waals surface area contributed by atoms with E-state index in [1.807, 2.05) is 30.0 Å². The Bertz CT molecular complexity index is 1400. The number of ether oxygens (including phenoxy) is 3. The van der Waals surface area contributed by atoms with Gasteiger partial charge in [-0.25, -0.2) is 0 Å². The number of fused-ring (bicyclic) bond motifs is 2. The van der Waals surface area contributed by atoms with Gasteiger partial charge in [-0.3, -0.25) is 9.59 Å². The van der Waals surface area contributed by atoms with Gasteiger partial charge in [-0.05, 0) is 130 Å². The van der Waals surface area contributed by atoms with Crippen molar-refractivity contribution >= 4 is 18.6 Å². The van der Waals surface area contributed by atoms with Crippen molar-refractivity contribution in [2.75, 3.05) is 32.3 Å². The van der Waals surface area contributed by atoms with E-state index in [1.165, 1.54) is 38.9 Å². The molecule has 2 aliphatic rings. The van der Waals surface area contributed by atoms with Gasteiger partial charge < -0.3 is 29.3 Å². The summed E-state index contributed by atoms with van der Waals surface area (Å²) in [5.74, 6) is 2.74. The summed E-state index contributed by atoms with van der Waals surface area (Å²) < 4.78 is 16.0. The minimum atomic E-state index is -0.500. The van der Waals surface area contributed by atoms with Crippen LogP contribution < -0.4 is 19.1 Å². The van der Waals surface area contributed by atoms with E-state index in [0.717, 1.165) is 73.7 Å². The van der Waals surface area contributed by atoms with E-state index in [1.54, 1.807) is 35.0 Å². The molecular formula is C36H49NO7. The summed E-state index contributed by atoms with van der Waals surface area (Å²) in [4.78, 5) is 21.7. The Balaban J connectivity index is 0.000000294. The third-order valence-corrected chi connectivity index (χ3v) is 7.40. The van der Waals surface area contributed by atoms with E-state index >= 15 is 0 Å². The van der Waals surface area contributed by atoms with E-state index in [0.29, 0.717) is 0 Å². The van der Waals surface area contributed by atoms with Crippen LogP contribution in [0.15, 0.2) is 36.4 Å². The summed E-state index contributed by atoms with van der Waals surface area (Å²) in [6, 6.07) is 12.3. The number of carboxylic acid groups (broad SMARTS) is 1. The highest BCUT2D eigenvalue weighted by Crippen LogP contribution is 2.43. The van der Waals surface area contributed by atoms with Crippen molar-refractivity contribution in [3.8, 4) is 28.4 Å². The van der Waals surface area contributed by atoms with Gasteiger partial charge >= 0.3 is 0 Å². The van der Waals surface area contributed by atoms with Crippen LogP contribution in [-0.4, -0.2) is 56.1 Å². The van der Waals surface area contributed by atoms with Crippen LogP contribution in [0.3, 0.4) is 0 Å². The zero-order valence-corrected chi connectivity index (χ0v) is 27.7. The van der Waals surface area contributed by atoms with Gasteiger partial charge in [0.25, 0.3) is 6.47 Å². The van der Waals surface area contributed by atoms with Crippen LogP contribution in [0.4, 0.5) is 5.69 Å². The van der Waals surface area contributed by atoms with Gasteiger partial charge in [-0.15, -0.1) is 0 Å². The smallest absolute Gasteiger partial charge is 0.290 e. The lowest BCUT2D eigenvalue weighted by Gasteiger charge is -2.24.